The molecular formula is C25H27F3N6. The molecule has 6 nitrogen and oxygen atoms in total. The molecule has 2 aromatic carbocycles. The number of tetrazole rings is 1. The van der Waals surface area contributed by atoms with Crippen molar-refractivity contribution in [3.8, 4) is 11.4 Å². The van der Waals surface area contributed by atoms with Crippen molar-refractivity contribution in [1.29, 1.82) is 0 Å². The predicted octanol–water partition coefficient (Wildman–Crippen LogP) is 5.18. The average Bonchev–Trinajstić information content (AvgIpc) is 3.49. The van der Waals surface area contributed by atoms with E-state index in [1.165, 1.54) is 22.1 Å². The summed E-state index contributed by atoms with van der Waals surface area (Å²) in [6.45, 7) is 4.18. The third kappa shape index (κ3) is 4.57. The normalized spacial score (nSPS) is 19.7. The van der Waals surface area contributed by atoms with E-state index in [4.69, 9.17) is 0 Å². The number of fused-ring (bicyclic) bond motifs is 1. The van der Waals surface area contributed by atoms with Crippen molar-refractivity contribution >= 4 is 10.9 Å². The molecule has 1 aliphatic heterocycles. The van der Waals surface area contributed by atoms with E-state index in [-0.39, 0.29) is 11.8 Å². The molecule has 34 heavy (non-hydrogen) atoms. The van der Waals surface area contributed by atoms with Gasteiger partial charge in [-0.1, -0.05) is 30.3 Å². The Morgan fingerprint density at radius 2 is 1.88 bits per heavy atom. The molecule has 0 spiro atoms. The lowest BCUT2D eigenvalue weighted by Crippen LogP contribution is -2.44. The molecule has 2 atom stereocenters. The van der Waals surface area contributed by atoms with E-state index in [9.17, 15) is 13.2 Å². The molecule has 2 aromatic heterocycles. The second kappa shape index (κ2) is 8.87. The molecule has 0 radical (unpaired) electrons. The summed E-state index contributed by atoms with van der Waals surface area (Å²) in [6, 6.07) is 12.1. The van der Waals surface area contributed by atoms with Crippen molar-refractivity contribution in [2.75, 3.05) is 19.6 Å². The van der Waals surface area contributed by atoms with Crippen LogP contribution >= 0.6 is 0 Å². The highest BCUT2D eigenvalue weighted by Gasteiger charge is 2.37. The number of likely N-dealkylation sites (tertiary alicyclic amines) is 1. The van der Waals surface area contributed by atoms with Gasteiger partial charge in [0.05, 0.1) is 6.54 Å². The van der Waals surface area contributed by atoms with Crippen LogP contribution in [0.2, 0.25) is 0 Å². The van der Waals surface area contributed by atoms with Crippen molar-refractivity contribution in [3.63, 3.8) is 0 Å². The van der Waals surface area contributed by atoms with Gasteiger partial charge in [0, 0.05) is 29.2 Å². The van der Waals surface area contributed by atoms with Gasteiger partial charge >= 0.3 is 6.18 Å². The van der Waals surface area contributed by atoms with Crippen LogP contribution in [0.25, 0.3) is 22.3 Å². The first kappa shape index (κ1) is 22.6. The van der Waals surface area contributed by atoms with Gasteiger partial charge < -0.3 is 4.98 Å². The standard InChI is InChI=1S/C25H27F3N6/c1-15-11-16(2)23-20(7-9-29-23)21(15)12-19-8-10-34(14-25(26,27)28)13-22(19)17-3-5-18(6-4-17)24-30-32-33-31-24/h3-7,9,11,19,22,29H,8,10,12-14H2,1-2H3,(H,30,31,32,33). The highest BCUT2D eigenvalue weighted by Crippen LogP contribution is 2.38. The van der Waals surface area contributed by atoms with Gasteiger partial charge in [-0.25, -0.2) is 0 Å². The molecule has 3 heterocycles. The summed E-state index contributed by atoms with van der Waals surface area (Å²) in [6.07, 6.45) is -0.699. The monoisotopic (exact) mass is 468 g/mol. The van der Waals surface area contributed by atoms with Gasteiger partial charge in [0.25, 0.3) is 0 Å². The lowest BCUT2D eigenvalue weighted by Gasteiger charge is -2.39. The third-order valence-electron chi connectivity index (χ3n) is 7.03. The van der Waals surface area contributed by atoms with Crippen LogP contribution in [0.5, 0.6) is 0 Å². The molecule has 0 aliphatic carbocycles. The predicted molar refractivity (Wildman–Crippen MR) is 124 cm³/mol. The molecule has 9 heteroatoms. The van der Waals surface area contributed by atoms with Crippen LogP contribution in [-0.4, -0.2) is 56.3 Å². The lowest BCUT2D eigenvalue weighted by molar-refractivity contribution is -0.149. The molecule has 4 aromatic rings. The summed E-state index contributed by atoms with van der Waals surface area (Å²) < 4.78 is 39.6. The van der Waals surface area contributed by atoms with E-state index in [0.29, 0.717) is 25.3 Å². The maximum Gasteiger partial charge on any atom is 0.401 e. The molecule has 0 bridgehead atoms. The summed E-state index contributed by atoms with van der Waals surface area (Å²) in [4.78, 5) is 4.88. The maximum absolute atomic E-state index is 13.2. The Bertz CT molecular complexity index is 1260. The number of benzene rings is 2. The van der Waals surface area contributed by atoms with Crippen LogP contribution in [0.4, 0.5) is 13.2 Å². The van der Waals surface area contributed by atoms with Gasteiger partial charge in [0.2, 0.25) is 5.82 Å². The molecule has 1 fully saturated rings. The van der Waals surface area contributed by atoms with Gasteiger partial charge in [0.15, 0.2) is 0 Å². The molecular weight excluding hydrogens is 441 g/mol. The number of aryl methyl sites for hydroxylation is 2. The van der Waals surface area contributed by atoms with Gasteiger partial charge in [0.1, 0.15) is 0 Å². The summed E-state index contributed by atoms with van der Waals surface area (Å²) in [5.41, 5.74) is 6.71. The van der Waals surface area contributed by atoms with Gasteiger partial charge in [-0.3, -0.25) is 4.90 Å². The van der Waals surface area contributed by atoms with E-state index in [0.717, 1.165) is 23.1 Å². The van der Waals surface area contributed by atoms with E-state index in [1.54, 1.807) is 4.90 Å². The zero-order chi connectivity index (χ0) is 23.9. The van der Waals surface area contributed by atoms with Crippen molar-refractivity contribution in [3.05, 3.63) is 64.8 Å². The summed E-state index contributed by atoms with van der Waals surface area (Å²) in [5, 5.41) is 15.3. The molecule has 1 aliphatic rings. The Balaban J connectivity index is 1.46. The van der Waals surface area contributed by atoms with Gasteiger partial charge in [-0.05, 0) is 78.6 Å². The van der Waals surface area contributed by atoms with Crippen molar-refractivity contribution in [2.45, 2.75) is 38.8 Å². The summed E-state index contributed by atoms with van der Waals surface area (Å²) >= 11 is 0. The van der Waals surface area contributed by atoms with Crippen LogP contribution < -0.4 is 0 Å². The van der Waals surface area contributed by atoms with Crippen LogP contribution in [0.3, 0.4) is 0 Å². The number of aromatic amines is 2. The summed E-state index contributed by atoms with van der Waals surface area (Å²) in [7, 11) is 0. The van der Waals surface area contributed by atoms with Gasteiger partial charge in [-0.2, -0.15) is 18.4 Å². The number of halogens is 3. The fourth-order valence-electron chi connectivity index (χ4n) is 5.43. The fraction of sp³-hybridized carbons (Fsp3) is 0.400. The highest BCUT2D eigenvalue weighted by atomic mass is 19.4. The van der Waals surface area contributed by atoms with Gasteiger partial charge in [-0.15, -0.1) is 10.2 Å². The topological polar surface area (TPSA) is 73.5 Å². The number of hydrogen-bond acceptors (Lipinski definition) is 4. The van der Waals surface area contributed by atoms with Crippen LogP contribution in [0, 0.1) is 19.8 Å². The smallest absolute Gasteiger partial charge is 0.361 e. The first-order valence-electron chi connectivity index (χ1n) is 11.5. The minimum atomic E-state index is -4.20. The largest absolute Gasteiger partial charge is 0.401 e. The zero-order valence-corrected chi connectivity index (χ0v) is 19.2. The zero-order valence-electron chi connectivity index (χ0n) is 19.2. The number of aromatic nitrogens is 5. The van der Waals surface area contributed by atoms with Crippen molar-refractivity contribution in [2.24, 2.45) is 5.92 Å². The first-order valence-corrected chi connectivity index (χ1v) is 11.5. The van der Waals surface area contributed by atoms with Crippen molar-refractivity contribution in [1.82, 2.24) is 30.5 Å². The maximum atomic E-state index is 13.2. The average molecular weight is 469 g/mol. The van der Waals surface area contributed by atoms with E-state index < -0.39 is 12.7 Å². The van der Waals surface area contributed by atoms with Crippen LogP contribution in [-0.2, 0) is 6.42 Å². The number of nitrogens with one attached hydrogen (secondary N) is 2. The molecule has 0 saturated carbocycles. The quantitative estimate of drug-likeness (QED) is 0.424. The van der Waals surface area contributed by atoms with Crippen LogP contribution in [0.15, 0.2) is 42.6 Å². The Morgan fingerprint density at radius 1 is 1.09 bits per heavy atom. The Hall–Kier alpha value is -3.20. The number of alkyl halides is 3. The van der Waals surface area contributed by atoms with Crippen molar-refractivity contribution < 1.29 is 13.2 Å². The molecule has 5 rings (SSSR count). The fourth-order valence-corrected chi connectivity index (χ4v) is 5.43. The molecule has 1 saturated heterocycles. The molecule has 2 unspecified atom stereocenters. The number of H-pyrrole nitrogens is 2. The molecule has 178 valence electrons. The Kier molecular flexibility index (Phi) is 5.89. The Morgan fingerprint density at radius 3 is 2.59 bits per heavy atom. The third-order valence-corrected chi connectivity index (χ3v) is 7.03. The molecule has 0 amide bonds. The highest BCUT2D eigenvalue weighted by molar-refractivity contribution is 5.87. The SMILES string of the molecule is Cc1cc(C)c2[nH]ccc2c1CC1CCN(CC(F)(F)F)CC1c1ccc(-c2nn[nH]n2)cc1. The summed E-state index contributed by atoms with van der Waals surface area (Å²) in [5.74, 6) is 0.723. The lowest BCUT2D eigenvalue weighted by atomic mass is 9.76. The Labute approximate surface area is 195 Å². The number of nitrogens with zero attached hydrogens (tertiary/aromatic N) is 4. The van der Waals surface area contributed by atoms with E-state index >= 15 is 0 Å². The number of rotatable bonds is 5. The van der Waals surface area contributed by atoms with E-state index in [2.05, 4.69) is 51.6 Å². The minimum absolute atomic E-state index is 0.00915. The second-order valence-corrected chi connectivity index (χ2v) is 9.32. The van der Waals surface area contributed by atoms with Crippen LogP contribution in [0.1, 0.15) is 34.6 Å². The number of hydrogen-bond donors (Lipinski definition) is 2. The molecule has 2 N–H and O–H groups in total. The second-order valence-electron chi connectivity index (χ2n) is 9.32. The first-order chi connectivity index (χ1) is 16.3. The van der Waals surface area contributed by atoms with E-state index in [1.807, 2.05) is 30.5 Å². The number of piperidine rings is 1. The minimum Gasteiger partial charge on any atom is -0.361 e.